The number of carboxylic acid groups (broad SMARTS) is 1. The van der Waals surface area contributed by atoms with Gasteiger partial charge in [-0.15, -0.1) is 0 Å². The minimum Gasteiger partial charge on any atom is -0.464 e. The summed E-state index contributed by atoms with van der Waals surface area (Å²) < 4.78 is 1.01. The highest BCUT2D eigenvalue weighted by Gasteiger charge is 2.10. The number of carbonyl (C=O) groups is 1. The molecule has 0 aliphatic heterocycles. The van der Waals surface area contributed by atoms with E-state index < -0.39 is 6.09 Å². The zero-order valence-corrected chi connectivity index (χ0v) is 9.31. The third-order valence-corrected chi connectivity index (χ3v) is 2.84. The molecule has 0 heterocycles. The van der Waals surface area contributed by atoms with Crippen LogP contribution in [0, 0.1) is 0 Å². The molecule has 0 atom stereocenters. The smallest absolute Gasteiger partial charge is 0.422 e. The number of rotatable bonds is 1. The van der Waals surface area contributed by atoms with Gasteiger partial charge in [-0.05, 0) is 22.9 Å². The van der Waals surface area contributed by atoms with Gasteiger partial charge in [0.15, 0.2) is 0 Å². The van der Waals surface area contributed by atoms with Crippen LogP contribution in [0.2, 0.25) is 0 Å². The van der Waals surface area contributed by atoms with Crippen LogP contribution in [0.15, 0.2) is 42.5 Å². The maximum Gasteiger partial charge on any atom is 0.422 e. The van der Waals surface area contributed by atoms with Gasteiger partial charge in [0.25, 0.3) is 0 Å². The molecular formula is C11H8BrNO2. The minimum absolute atomic E-state index is 0.598. The Morgan fingerprint density at radius 3 is 2.47 bits per heavy atom. The van der Waals surface area contributed by atoms with Gasteiger partial charge in [-0.3, -0.25) is 0 Å². The monoisotopic (exact) mass is 265 g/mol. The molecule has 76 valence electrons. The predicted molar refractivity (Wildman–Crippen MR) is 63.4 cm³/mol. The maximum absolute atomic E-state index is 10.7. The van der Waals surface area contributed by atoms with Crippen LogP contribution in [0.5, 0.6) is 0 Å². The number of fused-ring (bicyclic) bond motifs is 1. The van der Waals surface area contributed by atoms with E-state index in [4.69, 9.17) is 5.11 Å². The van der Waals surface area contributed by atoms with Gasteiger partial charge in [0.1, 0.15) is 0 Å². The molecule has 15 heavy (non-hydrogen) atoms. The third-order valence-electron chi connectivity index (χ3n) is 2.13. The summed E-state index contributed by atoms with van der Waals surface area (Å²) in [5.41, 5.74) is 0.598. The first-order chi connectivity index (χ1) is 7.18. The normalized spacial score (nSPS) is 10.2. The van der Waals surface area contributed by atoms with E-state index in [9.17, 15) is 4.79 Å². The average Bonchev–Trinajstić information content (AvgIpc) is 2.27. The van der Waals surface area contributed by atoms with Crippen molar-refractivity contribution in [2.45, 2.75) is 0 Å². The third kappa shape index (κ3) is 1.94. The molecule has 0 fully saturated rings. The first-order valence-electron chi connectivity index (χ1n) is 4.36. The number of hydrogen-bond acceptors (Lipinski definition) is 1. The number of anilines is 1. The molecule has 0 aromatic heterocycles. The Morgan fingerprint density at radius 2 is 1.80 bits per heavy atom. The van der Waals surface area contributed by atoms with Crippen molar-refractivity contribution >= 4 is 38.7 Å². The molecule has 1 N–H and O–H groups in total. The standard InChI is InChI=1S/C11H8BrNO2/c12-13(11(14)15)10-6-5-8-3-1-2-4-9(8)7-10/h1-7H,(H,14,15). The lowest BCUT2D eigenvalue weighted by Gasteiger charge is -2.10. The Hall–Kier alpha value is -1.55. The van der Waals surface area contributed by atoms with Crippen molar-refractivity contribution in [2.24, 2.45) is 0 Å². The second-order valence-corrected chi connectivity index (χ2v) is 3.80. The van der Waals surface area contributed by atoms with E-state index in [-0.39, 0.29) is 0 Å². The predicted octanol–water partition coefficient (Wildman–Crippen LogP) is 3.63. The van der Waals surface area contributed by atoms with E-state index in [2.05, 4.69) is 16.1 Å². The summed E-state index contributed by atoms with van der Waals surface area (Å²) in [7, 11) is 0. The number of hydrogen-bond donors (Lipinski definition) is 1. The van der Waals surface area contributed by atoms with Crippen molar-refractivity contribution in [2.75, 3.05) is 3.93 Å². The fourth-order valence-electron chi connectivity index (χ4n) is 1.41. The summed E-state index contributed by atoms with van der Waals surface area (Å²) >= 11 is 2.97. The summed E-state index contributed by atoms with van der Waals surface area (Å²) in [6.45, 7) is 0. The quantitative estimate of drug-likeness (QED) is 0.800. The van der Waals surface area contributed by atoms with E-state index in [1.165, 1.54) is 0 Å². The first-order valence-corrected chi connectivity index (χ1v) is 5.07. The molecule has 0 spiro atoms. The summed E-state index contributed by atoms with van der Waals surface area (Å²) in [5.74, 6) is 0. The van der Waals surface area contributed by atoms with Crippen LogP contribution in [-0.4, -0.2) is 11.2 Å². The number of halogens is 1. The molecule has 1 amide bonds. The lowest BCUT2D eigenvalue weighted by atomic mass is 10.1. The number of benzene rings is 2. The number of amides is 1. The zero-order chi connectivity index (χ0) is 10.8. The van der Waals surface area contributed by atoms with Gasteiger partial charge < -0.3 is 5.11 Å². The second kappa shape index (κ2) is 3.90. The first kappa shape index (κ1) is 9.98. The van der Waals surface area contributed by atoms with Gasteiger partial charge >= 0.3 is 6.09 Å². The van der Waals surface area contributed by atoms with E-state index in [1.54, 1.807) is 6.07 Å². The largest absolute Gasteiger partial charge is 0.464 e. The molecule has 0 bridgehead atoms. The highest BCUT2D eigenvalue weighted by Crippen LogP contribution is 2.24. The molecule has 3 nitrogen and oxygen atoms in total. The molecule has 2 aromatic rings. The van der Waals surface area contributed by atoms with Crippen LogP contribution in [0.3, 0.4) is 0 Å². The average molecular weight is 266 g/mol. The molecule has 2 aromatic carbocycles. The van der Waals surface area contributed by atoms with Gasteiger partial charge in [-0.1, -0.05) is 30.3 Å². The molecular weight excluding hydrogens is 258 g/mol. The Kier molecular flexibility index (Phi) is 2.60. The highest BCUT2D eigenvalue weighted by molar-refractivity contribution is 9.10. The fourth-order valence-corrected chi connectivity index (χ4v) is 1.63. The molecule has 0 saturated heterocycles. The summed E-state index contributed by atoms with van der Waals surface area (Å²) in [5, 5.41) is 10.9. The van der Waals surface area contributed by atoms with Crippen LogP contribution in [0.4, 0.5) is 10.5 Å². The van der Waals surface area contributed by atoms with Crippen LogP contribution < -0.4 is 3.93 Å². The lowest BCUT2D eigenvalue weighted by molar-refractivity contribution is 0.207. The minimum atomic E-state index is -1.04. The topological polar surface area (TPSA) is 40.5 Å². The Labute approximate surface area is 95.3 Å². The van der Waals surface area contributed by atoms with E-state index in [1.807, 2.05) is 36.4 Å². The molecule has 2 rings (SSSR count). The van der Waals surface area contributed by atoms with Crippen molar-refractivity contribution in [3.8, 4) is 0 Å². The van der Waals surface area contributed by atoms with Crippen LogP contribution >= 0.6 is 16.1 Å². The summed E-state index contributed by atoms with van der Waals surface area (Å²) in [4.78, 5) is 10.7. The molecule has 0 aliphatic rings. The van der Waals surface area contributed by atoms with Crippen LogP contribution in [0.25, 0.3) is 10.8 Å². The second-order valence-electron chi connectivity index (χ2n) is 3.09. The van der Waals surface area contributed by atoms with Gasteiger partial charge in [-0.2, -0.15) is 0 Å². The Morgan fingerprint density at radius 1 is 1.13 bits per heavy atom. The number of nitrogens with zero attached hydrogens (tertiary/aromatic N) is 1. The van der Waals surface area contributed by atoms with Crippen molar-refractivity contribution in [3.05, 3.63) is 42.5 Å². The van der Waals surface area contributed by atoms with Gasteiger partial charge in [0, 0.05) is 0 Å². The lowest BCUT2D eigenvalue weighted by Crippen LogP contribution is -2.16. The SMILES string of the molecule is O=C(O)N(Br)c1ccc2ccccc2c1. The van der Waals surface area contributed by atoms with Crippen molar-refractivity contribution < 1.29 is 9.90 Å². The molecule has 0 aliphatic carbocycles. The summed E-state index contributed by atoms with van der Waals surface area (Å²) in [6.07, 6.45) is -1.04. The van der Waals surface area contributed by atoms with E-state index >= 15 is 0 Å². The van der Waals surface area contributed by atoms with Crippen LogP contribution in [0.1, 0.15) is 0 Å². The van der Waals surface area contributed by atoms with Crippen molar-refractivity contribution in [3.63, 3.8) is 0 Å². The van der Waals surface area contributed by atoms with Gasteiger partial charge in [0.05, 0.1) is 21.8 Å². The fraction of sp³-hybridized carbons (Fsp3) is 0. The molecule has 4 heteroatoms. The molecule has 0 saturated carbocycles. The van der Waals surface area contributed by atoms with Crippen LogP contribution in [-0.2, 0) is 0 Å². The van der Waals surface area contributed by atoms with Crippen molar-refractivity contribution in [1.82, 2.24) is 0 Å². The van der Waals surface area contributed by atoms with Gasteiger partial charge in [-0.25, -0.2) is 8.72 Å². The highest BCUT2D eigenvalue weighted by atomic mass is 79.9. The summed E-state index contributed by atoms with van der Waals surface area (Å²) in [6, 6.07) is 13.3. The van der Waals surface area contributed by atoms with Crippen molar-refractivity contribution in [1.29, 1.82) is 0 Å². The Bertz CT molecular complexity index is 513. The Balaban J connectivity index is 2.51. The van der Waals surface area contributed by atoms with E-state index in [0.717, 1.165) is 14.7 Å². The van der Waals surface area contributed by atoms with Gasteiger partial charge in [0.2, 0.25) is 0 Å². The molecule has 0 radical (unpaired) electrons. The molecule has 0 unspecified atom stereocenters. The maximum atomic E-state index is 10.7. The van der Waals surface area contributed by atoms with E-state index in [0.29, 0.717) is 5.69 Å². The zero-order valence-electron chi connectivity index (χ0n) is 7.72.